The highest BCUT2D eigenvalue weighted by Gasteiger charge is 2.06. The maximum absolute atomic E-state index is 11.7. The summed E-state index contributed by atoms with van der Waals surface area (Å²) in [5.74, 6) is 0.373. The van der Waals surface area contributed by atoms with Gasteiger partial charge in [-0.2, -0.15) is 5.26 Å². The molecule has 1 N–H and O–H groups in total. The Hall–Kier alpha value is -2.61. The fourth-order valence-corrected chi connectivity index (χ4v) is 1.30. The molecule has 0 aliphatic carbocycles. The molecule has 1 aromatic heterocycles. The predicted octanol–water partition coefficient (Wildman–Crippen LogP) is 1.48. The Bertz CT molecular complexity index is 538. The third-order valence-corrected chi connectivity index (χ3v) is 2.19. The lowest BCUT2D eigenvalue weighted by Crippen LogP contribution is -2.22. The lowest BCUT2D eigenvalue weighted by molar-refractivity contribution is 0.0947. The zero-order valence-corrected chi connectivity index (χ0v) is 8.88. The largest absolute Gasteiger partial charge is 0.360 e. The molecule has 84 valence electrons. The van der Waals surface area contributed by atoms with Crippen molar-refractivity contribution < 1.29 is 9.32 Å². The molecule has 0 atom stereocenters. The molecule has 1 aromatic carbocycles. The first kappa shape index (κ1) is 10.9. The van der Waals surface area contributed by atoms with Gasteiger partial charge in [0, 0.05) is 11.6 Å². The number of nitrogens with zero attached hydrogens (tertiary/aromatic N) is 2. The van der Waals surface area contributed by atoms with Crippen LogP contribution in [-0.2, 0) is 6.54 Å². The molecule has 1 amide bonds. The monoisotopic (exact) mass is 227 g/mol. The fourth-order valence-electron chi connectivity index (χ4n) is 1.30. The van der Waals surface area contributed by atoms with Gasteiger partial charge < -0.3 is 9.84 Å². The molecular formula is C12H9N3O2. The van der Waals surface area contributed by atoms with Crippen molar-refractivity contribution in [2.45, 2.75) is 6.54 Å². The standard InChI is InChI=1S/C12H9N3O2/c13-7-9-1-3-10(4-2-9)12(16)14-8-11-5-6-15-17-11/h1-6H,8H2,(H,14,16). The van der Waals surface area contributed by atoms with E-state index in [1.807, 2.05) is 6.07 Å². The topological polar surface area (TPSA) is 78.9 Å². The number of carbonyl (C=O) groups excluding carboxylic acids is 1. The molecule has 2 rings (SSSR count). The van der Waals surface area contributed by atoms with E-state index in [-0.39, 0.29) is 5.91 Å². The van der Waals surface area contributed by atoms with Crippen molar-refractivity contribution in [1.82, 2.24) is 10.5 Å². The van der Waals surface area contributed by atoms with E-state index in [2.05, 4.69) is 10.5 Å². The Labute approximate surface area is 97.7 Å². The molecule has 5 heteroatoms. The van der Waals surface area contributed by atoms with Crippen LogP contribution in [-0.4, -0.2) is 11.1 Å². The van der Waals surface area contributed by atoms with Gasteiger partial charge in [-0.05, 0) is 24.3 Å². The van der Waals surface area contributed by atoms with E-state index >= 15 is 0 Å². The van der Waals surface area contributed by atoms with Gasteiger partial charge in [-0.3, -0.25) is 4.79 Å². The van der Waals surface area contributed by atoms with Crippen LogP contribution < -0.4 is 5.32 Å². The first-order valence-electron chi connectivity index (χ1n) is 4.97. The molecule has 1 heterocycles. The first-order valence-corrected chi connectivity index (χ1v) is 4.97. The molecule has 5 nitrogen and oxygen atoms in total. The van der Waals surface area contributed by atoms with Gasteiger partial charge >= 0.3 is 0 Å². The van der Waals surface area contributed by atoms with Crippen LogP contribution in [0, 0.1) is 11.3 Å². The highest BCUT2D eigenvalue weighted by molar-refractivity contribution is 5.94. The Morgan fingerprint density at radius 3 is 2.71 bits per heavy atom. The van der Waals surface area contributed by atoms with Gasteiger partial charge in [-0.1, -0.05) is 5.16 Å². The zero-order valence-electron chi connectivity index (χ0n) is 8.88. The Balaban J connectivity index is 1.97. The molecular weight excluding hydrogens is 218 g/mol. The van der Waals surface area contributed by atoms with Gasteiger partial charge in [-0.25, -0.2) is 0 Å². The van der Waals surface area contributed by atoms with E-state index in [1.165, 1.54) is 6.20 Å². The number of rotatable bonds is 3. The zero-order chi connectivity index (χ0) is 12.1. The minimum absolute atomic E-state index is 0.217. The van der Waals surface area contributed by atoms with Gasteiger partial charge in [0.15, 0.2) is 5.76 Å². The highest BCUT2D eigenvalue weighted by Crippen LogP contribution is 2.04. The van der Waals surface area contributed by atoms with Gasteiger partial charge in [0.05, 0.1) is 24.4 Å². The van der Waals surface area contributed by atoms with Crippen molar-refractivity contribution in [3.8, 4) is 6.07 Å². The van der Waals surface area contributed by atoms with E-state index in [1.54, 1.807) is 30.3 Å². The van der Waals surface area contributed by atoms with Crippen LogP contribution in [0.25, 0.3) is 0 Å². The van der Waals surface area contributed by atoms with E-state index in [0.29, 0.717) is 23.4 Å². The molecule has 0 saturated carbocycles. The lowest BCUT2D eigenvalue weighted by atomic mass is 10.1. The summed E-state index contributed by atoms with van der Waals surface area (Å²) < 4.78 is 4.85. The third-order valence-electron chi connectivity index (χ3n) is 2.19. The Kier molecular flexibility index (Phi) is 3.17. The Morgan fingerprint density at radius 1 is 1.35 bits per heavy atom. The average molecular weight is 227 g/mol. The number of nitriles is 1. The number of hydrogen-bond acceptors (Lipinski definition) is 4. The van der Waals surface area contributed by atoms with Gasteiger partial charge in [-0.15, -0.1) is 0 Å². The van der Waals surface area contributed by atoms with E-state index in [9.17, 15) is 4.79 Å². The van der Waals surface area contributed by atoms with Crippen LogP contribution in [0.3, 0.4) is 0 Å². The van der Waals surface area contributed by atoms with Crippen molar-refractivity contribution in [3.05, 3.63) is 53.4 Å². The average Bonchev–Trinajstić information content (AvgIpc) is 2.89. The quantitative estimate of drug-likeness (QED) is 0.861. The molecule has 0 saturated heterocycles. The van der Waals surface area contributed by atoms with Gasteiger partial charge in [0.1, 0.15) is 0 Å². The van der Waals surface area contributed by atoms with Crippen LogP contribution in [0.15, 0.2) is 41.1 Å². The summed E-state index contributed by atoms with van der Waals surface area (Å²) in [6.07, 6.45) is 1.52. The second-order valence-electron chi connectivity index (χ2n) is 3.35. The summed E-state index contributed by atoms with van der Waals surface area (Å²) in [7, 11) is 0. The molecule has 0 bridgehead atoms. The SMILES string of the molecule is N#Cc1ccc(C(=O)NCc2ccno2)cc1. The van der Waals surface area contributed by atoms with Crippen molar-refractivity contribution in [1.29, 1.82) is 5.26 Å². The molecule has 0 aliphatic rings. The number of benzene rings is 1. The van der Waals surface area contributed by atoms with Crippen LogP contribution in [0.2, 0.25) is 0 Å². The van der Waals surface area contributed by atoms with Crippen molar-refractivity contribution in [2.75, 3.05) is 0 Å². The number of nitrogens with one attached hydrogen (secondary N) is 1. The van der Waals surface area contributed by atoms with Crippen LogP contribution in [0.4, 0.5) is 0 Å². The first-order chi connectivity index (χ1) is 8.29. The molecule has 0 aliphatic heterocycles. The third kappa shape index (κ3) is 2.69. The van der Waals surface area contributed by atoms with Gasteiger partial charge in [0.2, 0.25) is 0 Å². The number of hydrogen-bond donors (Lipinski definition) is 1. The lowest BCUT2D eigenvalue weighted by Gasteiger charge is -2.02. The second kappa shape index (κ2) is 4.94. The molecule has 0 unspecified atom stereocenters. The minimum Gasteiger partial charge on any atom is -0.360 e. The molecule has 0 radical (unpaired) electrons. The van der Waals surface area contributed by atoms with E-state index in [4.69, 9.17) is 9.78 Å². The molecule has 17 heavy (non-hydrogen) atoms. The maximum atomic E-state index is 11.7. The van der Waals surface area contributed by atoms with Crippen LogP contribution in [0.5, 0.6) is 0 Å². The second-order valence-corrected chi connectivity index (χ2v) is 3.35. The normalized spacial score (nSPS) is 9.59. The summed E-state index contributed by atoms with van der Waals surface area (Å²) in [4.78, 5) is 11.7. The van der Waals surface area contributed by atoms with Crippen molar-refractivity contribution in [2.24, 2.45) is 0 Å². The number of amides is 1. The molecule has 0 fully saturated rings. The molecule has 0 spiro atoms. The van der Waals surface area contributed by atoms with Crippen LogP contribution in [0.1, 0.15) is 21.7 Å². The maximum Gasteiger partial charge on any atom is 0.251 e. The molecule has 2 aromatic rings. The fraction of sp³-hybridized carbons (Fsp3) is 0.0833. The number of carbonyl (C=O) groups is 1. The smallest absolute Gasteiger partial charge is 0.251 e. The van der Waals surface area contributed by atoms with E-state index < -0.39 is 0 Å². The van der Waals surface area contributed by atoms with Crippen LogP contribution >= 0.6 is 0 Å². The summed E-state index contributed by atoms with van der Waals surface area (Å²) in [5.41, 5.74) is 1.03. The predicted molar refractivity (Wildman–Crippen MR) is 58.8 cm³/mol. The van der Waals surface area contributed by atoms with Crippen molar-refractivity contribution >= 4 is 5.91 Å². The summed E-state index contributed by atoms with van der Waals surface area (Å²) in [6.45, 7) is 0.291. The minimum atomic E-state index is -0.217. The van der Waals surface area contributed by atoms with Gasteiger partial charge in [0.25, 0.3) is 5.91 Å². The van der Waals surface area contributed by atoms with Crippen molar-refractivity contribution in [3.63, 3.8) is 0 Å². The highest BCUT2D eigenvalue weighted by atomic mass is 16.5. The summed E-state index contributed by atoms with van der Waals surface area (Å²) >= 11 is 0. The summed E-state index contributed by atoms with van der Waals surface area (Å²) in [6, 6.07) is 10.1. The number of aromatic nitrogens is 1. The summed E-state index contributed by atoms with van der Waals surface area (Å²) in [5, 5.41) is 14.8. The van der Waals surface area contributed by atoms with E-state index in [0.717, 1.165) is 0 Å². The Morgan fingerprint density at radius 2 is 2.12 bits per heavy atom.